The van der Waals surface area contributed by atoms with Crippen LogP contribution in [-0.2, 0) is 41.8 Å². The Balaban J connectivity index is 4.68. The lowest BCUT2D eigenvalue weighted by Gasteiger charge is -2.20. The van der Waals surface area contributed by atoms with Crippen LogP contribution in [0.15, 0.2) is 85.1 Å². The van der Waals surface area contributed by atoms with E-state index in [4.69, 9.17) is 28.9 Å². The zero-order chi connectivity index (χ0) is 45.8. The number of unbranched alkanes of at least 4 members (excludes halogenated alkanes) is 11. The van der Waals surface area contributed by atoms with E-state index in [0.29, 0.717) is 25.7 Å². The first-order valence-electron chi connectivity index (χ1n) is 22.4. The third-order valence-corrected chi connectivity index (χ3v) is 10.2. The van der Waals surface area contributed by atoms with E-state index >= 15 is 0 Å². The fourth-order valence-corrected chi connectivity index (χ4v) is 6.55. The van der Waals surface area contributed by atoms with Crippen LogP contribution in [0.2, 0.25) is 0 Å². The number of rotatable bonds is 42. The highest BCUT2D eigenvalue weighted by atomic mass is 31.2. The van der Waals surface area contributed by atoms with Gasteiger partial charge in [-0.15, -0.1) is 0 Å². The minimum atomic E-state index is -4.88. The van der Waals surface area contributed by atoms with Crippen molar-refractivity contribution >= 4 is 27.6 Å². The molecule has 0 aliphatic rings. The lowest BCUT2D eigenvalue weighted by atomic mass is 10.1. The molecule has 356 valence electrons. The van der Waals surface area contributed by atoms with Crippen molar-refractivity contribution in [3.63, 3.8) is 0 Å². The van der Waals surface area contributed by atoms with Gasteiger partial charge < -0.3 is 34.4 Å². The molecule has 16 heteroatoms. The van der Waals surface area contributed by atoms with E-state index < -0.39 is 66.2 Å². The standard InChI is InChI=1S/C46H78O14P2/c1-2-3-4-5-6-7-8-9-10-12-16-19-22-25-28-31-34-37-46(50)60-44(42-59-62(54,55)58-40-43(48)39-57-61(51,52)53)41-56-45(49)36-33-30-27-24-21-18-15-13-11-14-17-20-23-26-29-32-35-38-47/h9-11,14-16,18-20,23-25,27-28,43-44,47-48H,2-8,12-13,17,21-22,26,29-42H2,1H3,(H,54,55)(H2,51,52,53)/b10-9-,14-11-,18-15-,19-16-,23-20-,27-24-,28-25-/t43-,44+/m0/s1. The highest BCUT2D eigenvalue weighted by Gasteiger charge is 2.28. The average molecular weight is 917 g/mol. The van der Waals surface area contributed by atoms with Gasteiger partial charge in [-0.2, -0.15) is 0 Å². The van der Waals surface area contributed by atoms with Gasteiger partial charge in [0.05, 0.1) is 19.8 Å². The van der Waals surface area contributed by atoms with Gasteiger partial charge in [-0.1, -0.05) is 131 Å². The highest BCUT2D eigenvalue weighted by molar-refractivity contribution is 7.47. The summed E-state index contributed by atoms with van der Waals surface area (Å²) in [7, 11) is -9.72. The third kappa shape index (κ3) is 45.3. The van der Waals surface area contributed by atoms with Crippen LogP contribution in [0, 0.1) is 0 Å². The van der Waals surface area contributed by atoms with E-state index in [0.717, 1.165) is 64.2 Å². The number of carbonyl (C=O) groups is 2. The molecule has 5 N–H and O–H groups in total. The minimum Gasteiger partial charge on any atom is -0.462 e. The third-order valence-electron chi connectivity index (χ3n) is 8.80. The summed E-state index contributed by atoms with van der Waals surface area (Å²) in [6.45, 7) is -0.375. The van der Waals surface area contributed by atoms with Gasteiger partial charge >= 0.3 is 27.6 Å². The van der Waals surface area contributed by atoms with E-state index in [1.165, 1.54) is 38.5 Å². The molecule has 3 atom stereocenters. The molecule has 0 aliphatic heterocycles. The Kier molecular flexibility index (Phi) is 40.4. The van der Waals surface area contributed by atoms with Crippen LogP contribution in [0.3, 0.4) is 0 Å². The second kappa shape index (κ2) is 42.2. The number of phosphoric ester groups is 2. The fourth-order valence-electron chi connectivity index (χ4n) is 5.39. The summed E-state index contributed by atoms with van der Waals surface area (Å²) in [5.41, 5.74) is 0. The van der Waals surface area contributed by atoms with E-state index in [2.05, 4.69) is 76.7 Å². The Hall–Kier alpha value is -2.74. The maximum Gasteiger partial charge on any atom is 0.472 e. The van der Waals surface area contributed by atoms with E-state index in [1.54, 1.807) is 0 Å². The van der Waals surface area contributed by atoms with Crippen molar-refractivity contribution in [2.24, 2.45) is 0 Å². The summed E-state index contributed by atoms with van der Waals surface area (Å²) in [4.78, 5) is 52.7. The van der Waals surface area contributed by atoms with Gasteiger partial charge in [0.15, 0.2) is 6.10 Å². The molecule has 0 aromatic carbocycles. The van der Waals surface area contributed by atoms with Crippen molar-refractivity contribution in [3.8, 4) is 0 Å². The molecule has 0 radical (unpaired) electrons. The zero-order valence-corrected chi connectivity index (χ0v) is 38.9. The van der Waals surface area contributed by atoms with Crippen LogP contribution in [0.1, 0.15) is 148 Å². The molecule has 62 heavy (non-hydrogen) atoms. The van der Waals surface area contributed by atoms with Crippen LogP contribution in [0.25, 0.3) is 0 Å². The molecule has 0 bridgehead atoms. The van der Waals surface area contributed by atoms with Crippen molar-refractivity contribution in [2.75, 3.05) is 33.0 Å². The van der Waals surface area contributed by atoms with Gasteiger partial charge in [0.1, 0.15) is 12.7 Å². The van der Waals surface area contributed by atoms with Gasteiger partial charge in [-0.25, -0.2) is 9.13 Å². The Labute approximate surface area is 371 Å². The number of aliphatic hydroxyl groups is 2. The summed E-state index contributed by atoms with van der Waals surface area (Å²) in [5, 5.41) is 18.5. The number of allylic oxidation sites excluding steroid dienone is 14. The zero-order valence-electron chi connectivity index (χ0n) is 37.1. The van der Waals surface area contributed by atoms with Crippen molar-refractivity contribution < 1.29 is 66.7 Å². The molecule has 1 unspecified atom stereocenters. The number of hydrogen-bond acceptors (Lipinski definition) is 11. The number of hydrogen-bond donors (Lipinski definition) is 5. The fraction of sp³-hybridized carbons (Fsp3) is 0.652. The first-order chi connectivity index (χ1) is 29.9. The molecule has 0 saturated carbocycles. The number of ether oxygens (including phenoxy) is 2. The molecule has 0 fully saturated rings. The molecule has 0 saturated heterocycles. The number of carbonyl (C=O) groups excluding carboxylic acids is 2. The molecule has 0 spiro atoms. The first-order valence-corrected chi connectivity index (χ1v) is 25.4. The average Bonchev–Trinajstić information content (AvgIpc) is 3.23. The van der Waals surface area contributed by atoms with Crippen molar-refractivity contribution in [3.05, 3.63) is 85.1 Å². The molecule has 14 nitrogen and oxygen atoms in total. The molecule has 0 rings (SSSR count). The Morgan fingerprint density at radius 2 is 0.903 bits per heavy atom. The van der Waals surface area contributed by atoms with Crippen molar-refractivity contribution in [2.45, 2.75) is 160 Å². The minimum absolute atomic E-state index is 0.0384. The van der Waals surface area contributed by atoms with E-state index in [1.807, 2.05) is 24.3 Å². The summed E-state index contributed by atoms with van der Waals surface area (Å²) in [6.07, 6.45) is 46.0. The van der Waals surface area contributed by atoms with Gasteiger partial charge in [-0.05, 0) is 89.9 Å². The van der Waals surface area contributed by atoms with Crippen molar-refractivity contribution in [1.82, 2.24) is 0 Å². The Morgan fingerprint density at radius 1 is 0.500 bits per heavy atom. The molecular weight excluding hydrogens is 838 g/mol. The van der Waals surface area contributed by atoms with Gasteiger partial charge in [0, 0.05) is 19.4 Å². The molecular formula is C46H78O14P2. The van der Waals surface area contributed by atoms with Crippen LogP contribution in [0.5, 0.6) is 0 Å². The largest absolute Gasteiger partial charge is 0.472 e. The molecule has 0 heterocycles. The predicted molar refractivity (Wildman–Crippen MR) is 245 cm³/mol. The summed E-state index contributed by atoms with van der Waals surface area (Å²) < 4.78 is 47.7. The monoisotopic (exact) mass is 916 g/mol. The second-order valence-electron chi connectivity index (χ2n) is 14.7. The molecule has 0 amide bonds. The maximum atomic E-state index is 12.6. The quantitative estimate of drug-likeness (QED) is 0.0167. The Morgan fingerprint density at radius 3 is 1.39 bits per heavy atom. The van der Waals surface area contributed by atoms with Gasteiger partial charge in [-0.3, -0.25) is 23.2 Å². The Bertz CT molecular complexity index is 1420. The van der Waals surface area contributed by atoms with E-state index in [9.17, 15) is 28.7 Å². The smallest absolute Gasteiger partial charge is 0.462 e. The molecule has 0 aromatic heterocycles. The summed E-state index contributed by atoms with van der Waals surface area (Å²) in [5.74, 6) is -1.18. The molecule has 0 aliphatic carbocycles. The normalized spacial score (nSPS) is 14.7. The van der Waals surface area contributed by atoms with E-state index in [-0.39, 0.29) is 19.4 Å². The number of esters is 2. The predicted octanol–water partition coefficient (Wildman–Crippen LogP) is 10.5. The summed E-state index contributed by atoms with van der Waals surface area (Å²) in [6, 6.07) is 0. The van der Waals surface area contributed by atoms with Crippen LogP contribution in [0.4, 0.5) is 0 Å². The van der Waals surface area contributed by atoms with Gasteiger partial charge in [0.2, 0.25) is 0 Å². The van der Waals surface area contributed by atoms with Crippen molar-refractivity contribution in [1.29, 1.82) is 0 Å². The van der Waals surface area contributed by atoms with Gasteiger partial charge in [0.25, 0.3) is 0 Å². The first kappa shape index (κ1) is 59.3. The second-order valence-corrected chi connectivity index (χ2v) is 17.4. The number of phosphoric acid groups is 2. The maximum absolute atomic E-state index is 12.6. The SMILES string of the molecule is CCCCCCCC/C=C\C/C=C\C/C=C\CCCC(=O)O[C@H](COC(=O)CCC/C=C\C/C=C\C/C=C\C/C=C\CCCCCO)COP(=O)(O)OC[C@@H](O)COP(=O)(O)O. The van der Waals surface area contributed by atoms with Crippen LogP contribution in [-0.4, -0.2) is 82.1 Å². The highest BCUT2D eigenvalue weighted by Crippen LogP contribution is 2.43. The summed E-state index contributed by atoms with van der Waals surface area (Å²) >= 11 is 0. The lowest BCUT2D eigenvalue weighted by molar-refractivity contribution is -0.161. The number of aliphatic hydroxyl groups excluding tert-OH is 2. The van der Waals surface area contributed by atoms with Crippen LogP contribution < -0.4 is 0 Å². The lowest BCUT2D eigenvalue weighted by Crippen LogP contribution is -2.29. The molecule has 0 aromatic rings. The topological polar surface area (TPSA) is 216 Å². The van der Waals surface area contributed by atoms with Crippen LogP contribution >= 0.6 is 15.6 Å².